The van der Waals surface area contributed by atoms with Gasteiger partial charge in [0.2, 0.25) is 11.9 Å². The molecule has 0 atom stereocenters. The number of hydrogen-bond donors (Lipinski definition) is 1. The number of piperidine rings is 1. The molecule has 1 saturated heterocycles. The lowest BCUT2D eigenvalue weighted by Crippen LogP contribution is -2.32. The van der Waals surface area contributed by atoms with Gasteiger partial charge in [-0.2, -0.15) is 15.0 Å². The van der Waals surface area contributed by atoms with Gasteiger partial charge in [-0.05, 0) is 31.6 Å². The lowest BCUT2D eigenvalue weighted by molar-refractivity contribution is -0.121. The summed E-state index contributed by atoms with van der Waals surface area (Å²) in [5.74, 6) is 2.02. The standard InChI is InChI=1S/C18H29N5O2/c1-25-18-21-15(20-17(22-18)23-11-5-2-6-12-23)13-19-16(24)10-9-14-7-3-4-8-14/h14H,2-13H2,1H3,(H,19,24). The van der Waals surface area contributed by atoms with Gasteiger partial charge < -0.3 is 15.0 Å². The zero-order valence-electron chi connectivity index (χ0n) is 15.2. The third-order valence-electron chi connectivity index (χ3n) is 5.17. The third-order valence-corrected chi connectivity index (χ3v) is 5.17. The molecule has 138 valence electrons. The summed E-state index contributed by atoms with van der Waals surface area (Å²) in [5, 5.41) is 2.94. The summed E-state index contributed by atoms with van der Waals surface area (Å²) in [7, 11) is 1.55. The smallest absolute Gasteiger partial charge is 0.321 e. The predicted octanol–water partition coefficient (Wildman–Crippen LogP) is 2.46. The summed E-state index contributed by atoms with van der Waals surface area (Å²) in [4.78, 5) is 27.4. The van der Waals surface area contributed by atoms with E-state index in [4.69, 9.17) is 4.74 Å². The molecule has 7 nitrogen and oxygen atoms in total. The van der Waals surface area contributed by atoms with Crippen molar-refractivity contribution in [3.63, 3.8) is 0 Å². The summed E-state index contributed by atoms with van der Waals surface area (Å²) in [6.07, 6.45) is 10.3. The number of anilines is 1. The number of carbonyl (C=O) groups is 1. The summed E-state index contributed by atoms with van der Waals surface area (Å²) in [6, 6.07) is 0.311. The first-order valence-corrected chi connectivity index (χ1v) is 9.55. The van der Waals surface area contributed by atoms with Gasteiger partial charge in [-0.25, -0.2) is 0 Å². The van der Waals surface area contributed by atoms with Gasteiger partial charge in [0.1, 0.15) is 0 Å². The molecule has 2 aliphatic rings. The number of ether oxygens (including phenoxy) is 1. The van der Waals surface area contributed by atoms with E-state index in [1.165, 1.54) is 32.1 Å². The molecule has 25 heavy (non-hydrogen) atoms. The number of nitrogens with zero attached hydrogens (tertiary/aromatic N) is 4. The van der Waals surface area contributed by atoms with E-state index in [-0.39, 0.29) is 5.91 Å². The fourth-order valence-electron chi connectivity index (χ4n) is 3.69. The van der Waals surface area contributed by atoms with Crippen molar-refractivity contribution in [3.05, 3.63) is 5.82 Å². The predicted molar refractivity (Wildman–Crippen MR) is 95.5 cm³/mol. The molecule has 1 aromatic rings. The Morgan fingerprint density at radius 1 is 1.12 bits per heavy atom. The van der Waals surface area contributed by atoms with Gasteiger partial charge in [0.15, 0.2) is 5.82 Å². The van der Waals surface area contributed by atoms with E-state index in [1.807, 2.05) is 0 Å². The lowest BCUT2D eigenvalue weighted by atomic mass is 10.0. The fourth-order valence-corrected chi connectivity index (χ4v) is 3.69. The minimum absolute atomic E-state index is 0.0748. The molecular formula is C18H29N5O2. The van der Waals surface area contributed by atoms with Crippen molar-refractivity contribution in [2.45, 2.75) is 64.3 Å². The largest absolute Gasteiger partial charge is 0.467 e. The van der Waals surface area contributed by atoms with Crippen LogP contribution in [0.2, 0.25) is 0 Å². The summed E-state index contributed by atoms with van der Waals surface area (Å²) in [5.41, 5.74) is 0. The second-order valence-electron chi connectivity index (χ2n) is 7.05. The van der Waals surface area contributed by atoms with Crippen molar-refractivity contribution >= 4 is 11.9 Å². The number of nitrogens with one attached hydrogen (secondary N) is 1. The lowest BCUT2D eigenvalue weighted by Gasteiger charge is -2.26. The normalized spacial score (nSPS) is 18.4. The van der Waals surface area contributed by atoms with Crippen LogP contribution >= 0.6 is 0 Å². The Labute approximate surface area is 149 Å². The second-order valence-corrected chi connectivity index (χ2v) is 7.05. The highest BCUT2D eigenvalue weighted by atomic mass is 16.5. The van der Waals surface area contributed by atoms with Gasteiger partial charge in [-0.3, -0.25) is 4.79 Å². The number of aromatic nitrogens is 3. The highest BCUT2D eigenvalue weighted by molar-refractivity contribution is 5.75. The number of hydrogen-bond acceptors (Lipinski definition) is 6. The molecule has 2 fully saturated rings. The van der Waals surface area contributed by atoms with Crippen LogP contribution in [0, 0.1) is 5.92 Å². The maximum absolute atomic E-state index is 12.1. The SMILES string of the molecule is COc1nc(CNC(=O)CCC2CCCC2)nc(N2CCCCC2)n1. The number of rotatable bonds is 7. The first-order chi connectivity index (χ1) is 12.2. The van der Waals surface area contributed by atoms with E-state index in [0.717, 1.165) is 38.3 Å². The van der Waals surface area contributed by atoms with Crippen LogP contribution in [0.3, 0.4) is 0 Å². The highest BCUT2D eigenvalue weighted by Crippen LogP contribution is 2.28. The van der Waals surface area contributed by atoms with Crippen LogP contribution in [0.1, 0.15) is 63.6 Å². The molecule has 2 heterocycles. The summed E-state index contributed by atoms with van der Waals surface area (Å²) >= 11 is 0. The molecule has 0 bridgehead atoms. The Hall–Kier alpha value is -1.92. The topological polar surface area (TPSA) is 80.2 Å². The molecule has 1 aromatic heterocycles. The van der Waals surface area contributed by atoms with Gasteiger partial charge in [-0.1, -0.05) is 25.7 Å². The zero-order chi connectivity index (χ0) is 17.5. The first-order valence-electron chi connectivity index (χ1n) is 9.55. The minimum atomic E-state index is 0.0748. The number of amides is 1. The van der Waals surface area contributed by atoms with Crippen LogP contribution in [0.25, 0.3) is 0 Å². The van der Waals surface area contributed by atoms with E-state index in [1.54, 1.807) is 7.11 Å². The third kappa shape index (κ3) is 5.28. The van der Waals surface area contributed by atoms with Crippen LogP contribution in [0.15, 0.2) is 0 Å². The summed E-state index contributed by atoms with van der Waals surface area (Å²) < 4.78 is 5.21. The Balaban J connectivity index is 1.54. The fraction of sp³-hybridized carbons (Fsp3) is 0.778. The van der Waals surface area contributed by atoms with Crippen molar-refractivity contribution in [2.24, 2.45) is 5.92 Å². The second kappa shape index (κ2) is 8.97. The molecule has 0 aromatic carbocycles. The van der Waals surface area contributed by atoms with Crippen molar-refractivity contribution in [3.8, 4) is 6.01 Å². The van der Waals surface area contributed by atoms with E-state index >= 15 is 0 Å². The Morgan fingerprint density at radius 2 is 1.88 bits per heavy atom. The maximum Gasteiger partial charge on any atom is 0.321 e. The zero-order valence-corrected chi connectivity index (χ0v) is 15.2. The van der Waals surface area contributed by atoms with Crippen molar-refractivity contribution in [2.75, 3.05) is 25.1 Å². The monoisotopic (exact) mass is 347 g/mol. The highest BCUT2D eigenvalue weighted by Gasteiger charge is 2.18. The molecule has 0 spiro atoms. The Bertz CT molecular complexity index is 569. The number of methoxy groups -OCH3 is 1. The minimum Gasteiger partial charge on any atom is -0.467 e. The average Bonchev–Trinajstić information content (AvgIpc) is 3.19. The van der Waals surface area contributed by atoms with E-state index in [2.05, 4.69) is 25.2 Å². The van der Waals surface area contributed by atoms with E-state index < -0.39 is 0 Å². The van der Waals surface area contributed by atoms with Gasteiger partial charge >= 0.3 is 6.01 Å². The van der Waals surface area contributed by atoms with Crippen LogP contribution in [-0.2, 0) is 11.3 Å². The number of carbonyl (C=O) groups excluding carboxylic acids is 1. The van der Waals surface area contributed by atoms with Crippen LogP contribution < -0.4 is 15.0 Å². The molecule has 0 radical (unpaired) electrons. The molecule has 0 unspecified atom stereocenters. The van der Waals surface area contributed by atoms with Gasteiger partial charge in [-0.15, -0.1) is 0 Å². The van der Waals surface area contributed by atoms with Gasteiger partial charge in [0, 0.05) is 19.5 Å². The molecule has 1 N–H and O–H groups in total. The van der Waals surface area contributed by atoms with Crippen molar-refractivity contribution in [1.82, 2.24) is 20.3 Å². The first kappa shape index (κ1) is 17.9. The molecule has 1 aliphatic carbocycles. The van der Waals surface area contributed by atoms with Crippen molar-refractivity contribution in [1.29, 1.82) is 0 Å². The molecule has 3 rings (SSSR count). The van der Waals surface area contributed by atoms with Crippen LogP contribution in [0.5, 0.6) is 6.01 Å². The van der Waals surface area contributed by atoms with Gasteiger partial charge in [0.05, 0.1) is 13.7 Å². The van der Waals surface area contributed by atoms with Crippen LogP contribution in [0.4, 0.5) is 5.95 Å². The van der Waals surface area contributed by atoms with E-state index in [9.17, 15) is 4.79 Å². The van der Waals surface area contributed by atoms with Gasteiger partial charge in [0.25, 0.3) is 0 Å². The van der Waals surface area contributed by atoms with Crippen molar-refractivity contribution < 1.29 is 9.53 Å². The molecule has 1 aliphatic heterocycles. The van der Waals surface area contributed by atoms with E-state index in [0.29, 0.717) is 30.7 Å². The molecule has 1 saturated carbocycles. The molecule has 1 amide bonds. The maximum atomic E-state index is 12.1. The van der Waals surface area contributed by atoms with Crippen LogP contribution in [-0.4, -0.2) is 41.1 Å². The Morgan fingerprint density at radius 3 is 2.60 bits per heavy atom. The summed E-state index contributed by atoms with van der Waals surface area (Å²) in [6.45, 7) is 2.24. The average molecular weight is 347 g/mol. The quantitative estimate of drug-likeness (QED) is 0.816. The molecule has 7 heteroatoms. The Kier molecular flexibility index (Phi) is 6.42. The molecular weight excluding hydrogens is 318 g/mol.